The third kappa shape index (κ3) is 15.6. The third-order valence-corrected chi connectivity index (χ3v) is 3.46. The van der Waals surface area contributed by atoms with Gasteiger partial charge in [0.2, 0.25) is 0 Å². The first-order valence-electron chi connectivity index (χ1n) is 7.41. The van der Waals surface area contributed by atoms with Crippen molar-refractivity contribution in [2.75, 3.05) is 0 Å². The van der Waals surface area contributed by atoms with Crippen LogP contribution in [0.4, 0.5) is 0 Å². The summed E-state index contributed by atoms with van der Waals surface area (Å²) < 4.78 is 0. The Labute approximate surface area is 154 Å². The van der Waals surface area contributed by atoms with Gasteiger partial charge in [-0.25, -0.2) is 0 Å². The van der Waals surface area contributed by atoms with Crippen molar-refractivity contribution in [2.24, 2.45) is 17.8 Å². The average molecular weight is 264 g/mol. The molecule has 0 spiro atoms. The molecule has 0 rings (SSSR count). The van der Waals surface area contributed by atoms with E-state index in [0.717, 1.165) is 24.5 Å². The molecule has 0 unspecified atom stereocenters. The zero-order chi connectivity index (χ0) is 12.6. The fourth-order valence-corrected chi connectivity index (χ4v) is 2.14. The molecule has 0 aliphatic rings. The standard InChI is InChI=1S/C15H33B.K.H/c1-13(2)7-10-16(11-8-14(3)4)12-9-15(5)6;;/h13-15H,7-12H2,1-6H3;;. The molecule has 0 saturated carbocycles. The van der Waals surface area contributed by atoms with Gasteiger partial charge in [0.15, 0.2) is 0 Å². The van der Waals surface area contributed by atoms with E-state index in [0.29, 0.717) is 0 Å². The Morgan fingerprint density at radius 1 is 0.588 bits per heavy atom. The van der Waals surface area contributed by atoms with Crippen LogP contribution < -0.4 is 0 Å². The van der Waals surface area contributed by atoms with Crippen molar-refractivity contribution in [3.63, 3.8) is 0 Å². The minimum absolute atomic E-state index is 0. The second-order valence-electron chi connectivity index (χ2n) is 6.78. The van der Waals surface area contributed by atoms with Gasteiger partial charge in [-0.1, -0.05) is 79.8 Å². The van der Waals surface area contributed by atoms with E-state index >= 15 is 0 Å². The van der Waals surface area contributed by atoms with E-state index in [-0.39, 0.29) is 51.4 Å². The molecule has 0 aromatic carbocycles. The first-order chi connectivity index (χ1) is 7.41. The molecular weight excluding hydrogens is 230 g/mol. The quantitative estimate of drug-likeness (QED) is 0.516. The maximum absolute atomic E-state index is 2.35. The van der Waals surface area contributed by atoms with Crippen LogP contribution in [0.25, 0.3) is 0 Å². The topological polar surface area (TPSA) is 0 Å². The molecule has 0 aliphatic carbocycles. The average Bonchev–Trinajstić information content (AvgIpc) is 2.15. The normalized spacial score (nSPS) is 11.1. The number of rotatable bonds is 9. The van der Waals surface area contributed by atoms with Gasteiger partial charge in [0.25, 0.3) is 0 Å². The summed E-state index contributed by atoms with van der Waals surface area (Å²) in [5.41, 5.74) is 0. The van der Waals surface area contributed by atoms with E-state index < -0.39 is 0 Å². The molecule has 0 fully saturated rings. The summed E-state index contributed by atoms with van der Waals surface area (Å²) in [6.45, 7) is 15.1. The van der Waals surface area contributed by atoms with Gasteiger partial charge >= 0.3 is 51.4 Å². The summed E-state index contributed by atoms with van der Waals surface area (Å²) >= 11 is 0. The Morgan fingerprint density at radius 3 is 1.00 bits per heavy atom. The number of hydrogen-bond acceptors (Lipinski definition) is 0. The molecule has 0 amide bonds. The fourth-order valence-electron chi connectivity index (χ4n) is 2.14. The van der Waals surface area contributed by atoms with Gasteiger partial charge in [-0.3, -0.25) is 0 Å². The zero-order valence-electron chi connectivity index (χ0n) is 12.6. The van der Waals surface area contributed by atoms with E-state index in [9.17, 15) is 0 Å². The second kappa shape index (κ2) is 12.7. The first kappa shape index (κ1) is 21.0. The molecule has 2 heteroatoms. The van der Waals surface area contributed by atoms with Crippen LogP contribution in [0.2, 0.25) is 19.0 Å². The molecule has 0 atom stereocenters. The Bertz CT molecular complexity index is 126. The number of hydrogen-bond donors (Lipinski definition) is 0. The zero-order valence-corrected chi connectivity index (χ0v) is 12.6. The third-order valence-electron chi connectivity index (χ3n) is 3.46. The summed E-state index contributed by atoms with van der Waals surface area (Å²) in [5, 5.41) is 0. The summed E-state index contributed by atoms with van der Waals surface area (Å²) in [6.07, 6.45) is 8.62. The van der Waals surface area contributed by atoms with E-state index in [1.54, 1.807) is 0 Å². The van der Waals surface area contributed by atoms with Crippen LogP contribution in [0.5, 0.6) is 0 Å². The second-order valence-corrected chi connectivity index (χ2v) is 6.78. The van der Waals surface area contributed by atoms with Crippen molar-refractivity contribution in [2.45, 2.75) is 79.8 Å². The Balaban J connectivity index is 0. The van der Waals surface area contributed by atoms with Crippen molar-refractivity contribution in [3.8, 4) is 0 Å². The SMILES string of the molecule is CC(C)CCB(CCC(C)C)CCC(C)C.[KH]. The van der Waals surface area contributed by atoms with Gasteiger partial charge in [0, 0.05) is 0 Å². The van der Waals surface area contributed by atoms with Crippen LogP contribution in [0.1, 0.15) is 60.8 Å². The molecular formula is C15H34BK. The van der Waals surface area contributed by atoms with Crippen LogP contribution in [0.15, 0.2) is 0 Å². The summed E-state index contributed by atoms with van der Waals surface area (Å²) in [6, 6.07) is 0. The predicted octanol–water partition coefficient (Wildman–Crippen LogP) is 4.97. The van der Waals surface area contributed by atoms with Crippen molar-refractivity contribution >= 4 is 58.1 Å². The Kier molecular flexibility index (Phi) is 15.7. The summed E-state index contributed by atoms with van der Waals surface area (Å²) in [7, 11) is 0. The van der Waals surface area contributed by atoms with Gasteiger partial charge in [0.1, 0.15) is 6.71 Å². The van der Waals surface area contributed by atoms with Gasteiger partial charge < -0.3 is 0 Å². The van der Waals surface area contributed by atoms with Crippen molar-refractivity contribution in [1.82, 2.24) is 0 Å². The van der Waals surface area contributed by atoms with E-state index in [1.807, 2.05) is 0 Å². The Hall–Kier alpha value is 1.70. The fraction of sp³-hybridized carbons (Fsp3) is 1.00. The van der Waals surface area contributed by atoms with E-state index in [1.165, 1.54) is 38.2 Å². The van der Waals surface area contributed by atoms with Crippen LogP contribution in [-0.2, 0) is 0 Å². The predicted molar refractivity (Wildman–Crippen MR) is 85.7 cm³/mol. The first-order valence-corrected chi connectivity index (χ1v) is 7.41. The molecule has 0 N–H and O–H groups in total. The molecule has 0 aromatic heterocycles. The van der Waals surface area contributed by atoms with Crippen LogP contribution >= 0.6 is 0 Å². The molecule has 17 heavy (non-hydrogen) atoms. The van der Waals surface area contributed by atoms with Crippen molar-refractivity contribution in [1.29, 1.82) is 0 Å². The summed E-state index contributed by atoms with van der Waals surface area (Å²) in [4.78, 5) is 0. The molecule has 98 valence electrons. The molecule has 0 bridgehead atoms. The Morgan fingerprint density at radius 2 is 0.824 bits per heavy atom. The van der Waals surface area contributed by atoms with Gasteiger partial charge in [0.05, 0.1) is 0 Å². The molecule has 0 heterocycles. The molecule has 0 nitrogen and oxygen atoms in total. The van der Waals surface area contributed by atoms with Gasteiger partial charge in [-0.05, 0) is 17.8 Å². The van der Waals surface area contributed by atoms with Crippen molar-refractivity contribution < 1.29 is 0 Å². The van der Waals surface area contributed by atoms with E-state index in [4.69, 9.17) is 0 Å². The van der Waals surface area contributed by atoms with Crippen molar-refractivity contribution in [3.05, 3.63) is 0 Å². The molecule has 0 radical (unpaired) electrons. The van der Waals surface area contributed by atoms with Crippen LogP contribution in [-0.4, -0.2) is 58.1 Å². The van der Waals surface area contributed by atoms with Gasteiger partial charge in [-0.2, -0.15) is 0 Å². The van der Waals surface area contributed by atoms with Gasteiger partial charge in [-0.15, -0.1) is 0 Å². The summed E-state index contributed by atoms with van der Waals surface area (Å²) in [5.74, 6) is 2.63. The monoisotopic (exact) mass is 264 g/mol. The molecule has 0 aromatic rings. The maximum atomic E-state index is 2.35. The van der Waals surface area contributed by atoms with E-state index in [2.05, 4.69) is 41.5 Å². The van der Waals surface area contributed by atoms with Crippen LogP contribution in [0.3, 0.4) is 0 Å². The minimum atomic E-state index is 0. The molecule has 0 aliphatic heterocycles. The molecule has 0 saturated heterocycles. The van der Waals surface area contributed by atoms with Crippen LogP contribution in [0, 0.1) is 17.8 Å².